The van der Waals surface area contributed by atoms with Crippen LogP contribution >= 0.6 is 0 Å². The van der Waals surface area contributed by atoms with Gasteiger partial charge in [0.1, 0.15) is 5.75 Å². The average Bonchev–Trinajstić information content (AvgIpc) is 2.80. The van der Waals surface area contributed by atoms with Crippen LogP contribution in [0.1, 0.15) is 18.9 Å². The summed E-state index contributed by atoms with van der Waals surface area (Å²) in [6.07, 6.45) is 1.29. The van der Waals surface area contributed by atoms with Gasteiger partial charge in [-0.15, -0.1) is 0 Å². The highest BCUT2D eigenvalue weighted by molar-refractivity contribution is 5.80. The van der Waals surface area contributed by atoms with E-state index < -0.39 is 0 Å². The van der Waals surface area contributed by atoms with E-state index in [1.54, 1.807) is 12.0 Å². The molecule has 2 unspecified atom stereocenters. The van der Waals surface area contributed by atoms with E-state index in [2.05, 4.69) is 6.92 Å². The molecular formula is C15H21NO3. The Bertz CT molecular complexity index is 447. The molecule has 1 N–H and O–H groups in total. The standard InChI is InChI=1S/C15H21NO3/c1-11-7-8-16(13(11)10-17)15(18)9-12-5-3-4-6-14(12)19-2/h3-6,11,13,17H,7-10H2,1-2H3. The predicted octanol–water partition coefficient (Wildman–Crippen LogP) is 1.47. The zero-order chi connectivity index (χ0) is 13.8. The van der Waals surface area contributed by atoms with E-state index in [1.165, 1.54) is 0 Å². The van der Waals surface area contributed by atoms with E-state index >= 15 is 0 Å². The summed E-state index contributed by atoms with van der Waals surface area (Å²) in [7, 11) is 1.61. The number of aliphatic hydroxyl groups excluding tert-OH is 1. The summed E-state index contributed by atoms with van der Waals surface area (Å²) in [6, 6.07) is 7.52. The second kappa shape index (κ2) is 6.06. The summed E-state index contributed by atoms with van der Waals surface area (Å²) in [4.78, 5) is 14.2. The number of hydrogen-bond acceptors (Lipinski definition) is 3. The number of carbonyl (C=O) groups excluding carboxylic acids is 1. The molecule has 0 saturated carbocycles. The third-order valence-corrected chi connectivity index (χ3v) is 3.92. The fraction of sp³-hybridized carbons (Fsp3) is 0.533. The van der Waals surface area contributed by atoms with Crippen molar-refractivity contribution in [2.75, 3.05) is 20.3 Å². The number of methoxy groups -OCH3 is 1. The Hall–Kier alpha value is -1.55. The van der Waals surface area contributed by atoms with Crippen molar-refractivity contribution in [2.24, 2.45) is 5.92 Å². The summed E-state index contributed by atoms with van der Waals surface area (Å²) in [6.45, 7) is 2.86. The normalized spacial score (nSPS) is 22.6. The lowest BCUT2D eigenvalue weighted by molar-refractivity contribution is -0.132. The quantitative estimate of drug-likeness (QED) is 0.895. The Morgan fingerprint density at radius 1 is 1.47 bits per heavy atom. The van der Waals surface area contributed by atoms with Crippen LogP contribution in [0.3, 0.4) is 0 Å². The van der Waals surface area contributed by atoms with Gasteiger partial charge in [-0.1, -0.05) is 25.1 Å². The van der Waals surface area contributed by atoms with Crippen molar-refractivity contribution in [3.8, 4) is 5.75 Å². The largest absolute Gasteiger partial charge is 0.496 e. The van der Waals surface area contributed by atoms with Crippen molar-refractivity contribution < 1.29 is 14.6 Å². The van der Waals surface area contributed by atoms with Crippen molar-refractivity contribution in [1.29, 1.82) is 0 Å². The molecule has 104 valence electrons. The fourth-order valence-corrected chi connectivity index (χ4v) is 2.71. The molecule has 1 aliphatic heterocycles. The third-order valence-electron chi connectivity index (χ3n) is 3.92. The second-order valence-electron chi connectivity index (χ2n) is 5.09. The number of rotatable bonds is 4. The van der Waals surface area contributed by atoms with Crippen LogP contribution in [-0.2, 0) is 11.2 Å². The molecular weight excluding hydrogens is 242 g/mol. The Morgan fingerprint density at radius 3 is 2.89 bits per heavy atom. The Morgan fingerprint density at radius 2 is 2.21 bits per heavy atom. The minimum Gasteiger partial charge on any atom is -0.496 e. The molecule has 2 rings (SSSR count). The van der Waals surface area contributed by atoms with Gasteiger partial charge in [-0.25, -0.2) is 0 Å². The molecule has 19 heavy (non-hydrogen) atoms. The van der Waals surface area contributed by atoms with Gasteiger partial charge in [-0.3, -0.25) is 4.79 Å². The molecule has 4 nitrogen and oxygen atoms in total. The van der Waals surface area contributed by atoms with Crippen LogP contribution in [0.2, 0.25) is 0 Å². The molecule has 4 heteroatoms. The van der Waals surface area contributed by atoms with E-state index in [0.29, 0.717) is 12.3 Å². The van der Waals surface area contributed by atoms with Crippen molar-refractivity contribution in [3.05, 3.63) is 29.8 Å². The first kappa shape index (κ1) is 13.9. The van der Waals surface area contributed by atoms with Gasteiger partial charge in [0.25, 0.3) is 0 Å². The van der Waals surface area contributed by atoms with Crippen LogP contribution in [0.4, 0.5) is 0 Å². The van der Waals surface area contributed by atoms with Gasteiger partial charge >= 0.3 is 0 Å². The van der Waals surface area contributed by atoms with Crippen LogP contribution < -0.4 is 4.74 Å². The van der Waals surface area contributed by atoms with E-state index in [4.69, 9.17) is 4.74 Å². The maximum Gasteiger partial charge on any atom is 0.227 e. The number of likely N-dealkylation sites (tertiary alicyclic amines) is 1. The van der Waals surface area contributed by atoms with E-state index in [0.717, 1.165) is 24.3 Å². The van der Waals surface area contributed by atoms with Crippen LogP contribution in [0.5, 0.6) is 5.75 Å². The first-order valence-corrected chi connectivity index (χ1v) is 6.69. The Balaban J connectivity index is 2.09. The predicted molar refractivity (Wildman–Crippen MR) is 73.1 cm³/mol. The zero-order valence-corrected chi connectivity index (χ0v) is 11.5. The molecule has 0 aliphatic carbocycles. The van der Waals surface area contributed by atoms with Gasteiger partial charge in [-0.05, 0) is 18.4 Å². The zero-order valence-electron chi connectivity index (χ0n) is 11.5. The SMILES string of the molecule is COc1ccccc1CC(=O)N1CCC(C)C1CO. The third kappa shape index (κ3) is 2.89. The number of hydrogen-bond donors (Lipinski definition) is 1. The lowest BCUT2D eigenvalue weighted by atomic mass is 10.0. The van der Waals surface area contributed by atoms with E-state index in [-0.39, 0.29) is 18.6 Å². The summed E-state index contributed by atoms with van der Waals surface area (Å²) < 4.78 is 5.26. The summed E-state index contributed by atoms with van der Waals surface area (Å²) in [5.41, 5.74) is 0.895. The summed E-state index contributed by atoms with van der Waals surface area (Å²) in [5.74, 6) is 1.17. The number of para-hydroxylation sites is 1. The maximum atomic E-state index is 12.4. The lowest BCUT2D eigenvalue weighted by Gasteiger charge is -2.25. The molecule has 2 atom stereocenters. The van der Waals surface area contributed by atoms with Crippen LogP contribution in [-0.4, -0.2) is 42.2 Å². The number of aliphatic hydroxyl groups is 1. The monoisotopic (exact) mass is 263 g/mol. The molecule has 0 radical (unpaired) electrons. The van der Waals surface area contributed by atoms with Gasteiger partial charge in [0, 0.05) is 12.1 Å². The molecule has 1 aromatic carbocycles. The highest BCUT2D eigenvalue weighted by Gasteiger charge is 2.33. The first-order valence-electron chi connectivity index (χ1n) is 6.69. The summed E-state index contributed by atoms with van der Waals surface area (Å²) >= 11 is 0. The molecule has 0 spiro atoms. The topological polar surface area (TPSA) is 49.8 Å². The van der Waals surface area contributed by atoms with Crippen molar-refractivity contribution in [2.45, 2.75) is 25.8 Å². The molecule has 0 aromatic heterocycles. The molecule has 1 saturated heterocycles. The number of benzene rings is 1. The smallest absolute Gasteiger partial charge is 0.227 e. The molecule has 1 amide bonds. The van der Waals surface area contributed by atoms with Crippen LogP contribution in [0.25, 0.3) is 0 Å². The van der Waals surface area contributed by atoms with Gasteiger partial charge < -0.3 is 14.7 Å². The number of amides is 1. The first-order chi connectivity index (χ1) is 9.17. The van der Waals surface area contributed by atoms with Gasteiger partial charge in [0.15, 0.2) is 0 Å². The maximum absolute atomic E-state index is 12.4. The number of carbonyl (C=O) groups is 1. The van der Waals surface area contributed by atoms with Crippen LogP contribution in [0.15, 0.2) is 24.3 Å². The second-order valence-corrected chi connectivity index (χ2v) is 5.09. The molecule has 0 bridgehead atoms. The van der Waals surface area contributed by atoms with E-state index in [9.17, 15) is 9.90 Å². The average molecular weight is 263 g/mol. The Labute approximate surface area is 114 Å². The molecule has 1 heterocycles. The van der Waals surface area contributed by atoms with Gasteiger partial charge in [0.05, 0.1) is 26.2 Å². The van der Waals surface area contributed by atoms with Gasteiger partial charge in [-0.2, -0.15) is 0 Å². The van der Waals surface area contributed by atoms with Crippen LogP contribution in [0, 0.1) is 5.92 Å². The molecule has 1 fully saturated rings. The minimum absolute atomic E-state index is 0.0396. The highest BCUT2D eigenvalue weighted by atomic mass is 16.5. The number of ether oxygens (including phenoxy) is 1. The highest BCUT2D eigenvalue weighted by Crippen LogP contribution is 2.25. The summed E-state index contributed by atoms with van der Waals surface area (Å²) in [5, 5.41) is 9.40. The minimum atomic E-state index is -0.0396. The van der Waals surface area contributed by atoms with Crippen molar-refractivity contribution in [1.82, 2.24) is 4.90 Å². The lowest BCUT2D eigenvalue weighted by Crippen LogP contribution is -2.40. The molecule has 1 aliphatic rings. The number of nitrogens with zero attached hydrogens (tertiary/aromatic N) is 1. The molecule has 1 aromatic rings. The Kier molecular flexibility index (Phi) is 4.43. The van der Waals surface area contributed by atoms with E-state index in [1.807, 2.05) is 24.3 Å². The van der Waals surface area contributed by atoms with Crippen molar-refractivity contribution >= 4 is 5.91 Å². The van der Waals surface area contributed by atoms with Crippen molar-refractivity contribution in [3.63, 3.8) is 0 Å². The fourth-order valence-electron chi connectivity index (χ4n) is 2.71. The van der Waals surface area contributed by atoms with Gasteiger partial charge in [0.2, 0.25) is 5.91 Å².